The van der Waals surface area contributed by atoms with E-state index in [1.54, 1.807) is 11.8 Å². The zero-order valence-corrected chi connectivity index (χ0v) is 11.6. The molecule has 1 saturated heterocycles. The van der Waals surface area contributed by atoms with Crippen LogP contribution in [0.2, 0.25) is 0 Å². The van der Waals surface area contributed by atoms with Crippen molar-refractivity contribution in [3.8, 4) is 0 Å². The van der Waals surface area contributed by atoms with Crippen molar-refractivity contribution in [2.24, 2.45) is 11.7 Å². The molecule has 1 aliphatic rings. The number of halogens is 1. The maximum Gasteiger partial charge on any atom is 0.123 e. The average molecular weight is 268 g/mol. The minimum atomic E-state index is -0.168. The van der Waals surface area contributed by atoms with Gasteiger partial charge in [0.15, 0.2) is 0 Å². The van der Waals surface area contributed by atoms with Gasteiger partial charge in [-0.15, -0.1) is 11.8 Å². The molecule has 0 radical (unpaired) electrons. The number of nitrogens with two attached hydrogens (primary N) is 1. The molecule has 1 aromatic rings. The second-order valence-electron chi connectivity index (χ2n) is 5.01. The Morgan fingerprint density at radius 2 is 2.17 bits per heavy atom. The Hall–Kier alpha value is -0.580. The molecule has 2 nitrogen and oxygen atoms in total. The number of likely N-dealkylation sites (tertiary alicyclic amines) is 1. The number of benzene rings is 1. The largest absolute Gasteiger partial charge is 0.328 e. The van der Waals surface area contributed by atoms with Crippen molar-refractivity contribution in [2.75, 3.05) is 25.4 Å². The predicted octanol–water partition coefficient (Wildman–Crippen LogP) is 2.59. The van der Waals surface area contributed by atoms with Gasteiger partial charge in [-0.25, -0.2) is 4.39 Å². The van der Waals surface area contributed by atoms with Crippen LogP contribution in [0.15, 0.2) is 29.2 Å². The molecule has 4 heteroatoms. The molecular weight excluding hydrogens is 247 g/mol. The lowest BCUT2D eigenvalue weighted by atomic mass is 10.0. The molecule has 0 aliphatic carbocycles. The maximum atomic E-state index is 12.7. The molecular formula is C14H21FN2S. The van der Waals surface area contributed by atoms with Crippen LogP contribution in [-0.4, -0.2) is 36.3 Å². The zero-order valence-electron chi connectivity index (χ0n) is 10.8. The van der Waals surface area contributed by atoms with E-state index in [4.69, 9.17) is 5.73 Å². The summed E-state index contributed by atoms with van der Waals surface area (Å²) in [6.07, 6.45) is 1.22. The molecule has 1 fully saturated rings. The van der Waals surface area contributed by atoms with E-state index in [9.17, 15) is 4.39 Å². The van der Waals surface area contributed by atoms with Crippen molar-refractivity contribution in [1.29, 1.82) is 0 Å². The highest BCUT2D eigenvalue weighted by Crippen LogP contribution is 2.21. The SMILES string of the molecule is CC(N)C1CCN(CCSc2ccc(F)cc2)C1. The van der Waals surface area contributed by atoms with E-state index in [0.29, 0.717) is 12.0 Å². The Bertz CT molecular complexity index is 367. The third-order valence-corrected chi connectivity index (χ3v) is 4.53. The molecule has 0 spiro atoms. The average Bonchev–Trinajstić information content (AvgIpc) is 2.81. The predicted molar refractivity (Wildman–Crippen MR) is 75.3 cm³/mol. The smallest absolute Gasteiger partial charge is 0.123 e. The van der Waals surface area contributed by atoms with Gasteiger partial charge in [0.1, 0.15) is 5.82 Å². The third kappa shape index (κ3) is 3.97. The molecule has 2 rings (SSSR count). The van der Waals surface area contributed by atoms with Gasteiger partial charge in [-0.2, -0.15) is 0 Å². The summed E-state index contributed by atoms with van der Waals surface area (Å²) < 4.78 is 12.7. The number of hydrogen-bond donors (Lipinski definition) is 1. The molecule has 0 saturated carbocycles. The summed E-state index contributed by atoms with van der Waals surface area (Å²) in [6, 6.07) is 7.03. The van der Waals surface area contributed by atoms with Gasteiger partial charge >= 0.3 is 0 Å². The highest BCUT2D eigenvalue weighted by molar-refractivity contribution is 7.99. The first kappa shape index (κ1) is 13.8. The van der Waals surface area contributed by atoms with Crippen LogP contribution in [0.4, 0.5) is 4.39 Å². The standard InChI is InChI=1S/C14H21FN2S/c1-11(16)12-6-7-17(10-12)8-9-18-14-4-2-13(15)3-5-14/h2-5,11-12H,6-10,16H2,1H3. The zero-order chi connectivity index (χ0) is 13.0. The first-order valence-corrected chi connectivity index (χ1v) is 7.50. The van der Waals surface area contributed by atoms with Crippen LogP contribution in [0.3, 0.4) is 0 Å². The minimum Gasteiger partial charge on any atom is -0.328 e. The van der Waals surface area contributed by atoms with Crippen molar-refractivity contribution in [1.82, 2.24) is 4.90 Å². The van der Waals surface area contributed by atoms with Crippen LogP contribution in [0.25, 0.3) is 0 Å². The molecule has 18 heavy (non-hydrogen) atoms. The number of hydrogen-bond acceptors (Lipinski definition) is 3. The van der Waals surface area contributed by atoms with E-state index < -0.39 is 0 Å². The molecule has 0 amide bonds. The highest BCUT2D eigenvalue weighted by Gasteiger charge is 2.24. The summed E-state index contributed by atoms with van der Waals surface area (Å²) in [5.74, 6) is 1.54. The number of rotatable bonds is 5. The Morgan fingerprint density at radius 3 is 2.78 bits per heavy atom. The molecule has 100 valence electrons. The van der Waals surface area contributed by atoms with Crippen LogP contribution in [0, 0.1) is 11.7 Å². The Kier molecular flexibility index (Phi) is 5.03. The second-order valence-corrected chi connectivity index (χ2v) is 6.18. The molecule has 1 heterocycles. The minimum absolute atomic E-state index is 0.168. The van der Waals surface area contributed by atoms with Crippen molar-refractivity contribution in [3.05, 3.63) is 30.1 Å². The lowest BCUT2D eigenvalue weighted by molar-refractivity contribution is 0.334. The summed E-state index contributed by atoms with van der Waals surface area (Å²) in [5.41, 5.74) is 5.93. The van der Waals surface area contributed by atoms with Gasteiger partial charge in [-0.1, -0.05) is 0 Å². The van der Waals surface area contributed by atoms with Crippen molar-refractivity contribution < 1.29 is 4.39 Å². The monoisotopic (exact) mass is 268 g/mol. The quantitative estimate of drug-likeness (QED) is 0.832. The molecule has 2 atom stereocenters. The van der Waals surface area contributed by atoms with Gasteiger partial charge in [0.25, 0.3) is 0 Å². The lowest BCUT2D eigenvalue weighted by Crippen LogP contribution is -2.30. The van der Waals surface area contributed by atoms with Crippen LogP contribution in [0.5, 0.6) is 0 Å². The Morgan fingerprint density at radius 1 is 1.44 bits per heavy atom. The number of thioether (sulfide) groups is 1. The summed E-state index contributed by atoms with van der Waals surface area (Å²) in [4.78, 5) is 3.62. The molecule has 1 aromatic carbocycles. The highest BCUT2D eigenvalue weighted by atomic mass is 32.2. The topological polar surface area (TPSA) is 29.3 Å². The summed E-state index contributed by atoms with van der Waals surface area (Å²) >= 11 is 1.79. The maximum absolute atomic E-state index is 12.7. The van der Waals surface area contributed by atoms with Gasteiger partial charge in [0.2, 0.25) is 0 Å². The van der Waals surface area contributed by atoms with Crippen molar-refractivity contribution in [3.63, 3.8) is 0 Å². The third-order valence-electron chi connectivity index (χ3n) is 3.54. The van der Waals surface area contributed by atoms with E-state index in [1.165, 1.54) is 18.6 Å². The van der Waals surface area contributed by atoms with Gasteiger partial charge in [-0.3, -0.25) is 0 Å². The molecule has 2 N–H and O–H groups in total. The fraction of sp³-hybridized carbons (Fsp3) is 0.571. The Balaban J connectivity index is 1.68. The van der Waals surface area contributed by atoms with Crippen LogP contribution >= 0.6 is 11.8 Å². The van der Waals surface area contributed by atoms with Gasteiger partial charge in [0.05, 0.1) is 0 Å². The van der Waals surface area contributed by atoms with Crippen LogP contribution in [0.1, 0.15) is 13.3 Å². The van der Waals surface area contributed by atoms with Gasteiger partial charge in [0, 0.05) is 29.8 Å². The summed E-state index contributed by atoms with van der Waals surface area (Å²) in [6.45, 7) is 5.48. The fourth-order valence-electron chi connectivity index (χ4n) is 2.32. The second kappa shape index (κ2) is 6.55. The molecule has 0 bridgehead atoms. The van der Waals surface area contributed by atoms with E-state index >= 15 is 0 Å². The van der Waals surface area contributed by atoms with Gasteiger partial charge in [-0.05, 0) is 50.1 Å². The van der Waals surface area contributed by atoms with Gasteiger partial charge < -0.3 is 10.6 Å². The van der Waals surface area contributed by atoms with E-state index in [0.717, 1.165) is 30.3 Å². The van der Waals surface area contributed by atoms with Crippen LogP contribution in [-0.2, 0) is 0 Å². The van der Waals surface area contributed by atoms with Crippen LogP contribution < -0.4 is 5.73 Å². The normalized spacial score (nSPS) is 22.3. The molecule has 1 aliphatic heterocycles. The first-order valence-electron chi connectivity index (χ1n) is 6.51. The lowest BCUT2D eigenvalue weighted by Gasteiger charge is -2.17. The van der Waals surface area contributed by atoms with E-state index in [-0.39, 0.29) is 5.82 Å². The Labute approximate surface area is 113 Å². The van der Waals surface area contributed by atoms with E-state index in [1.807, 2.05) is 12.1 Å². The van der Waals surface area contributed by atoms with Crippen molar-refractivity contribution >= 4 is 11.8 Å². The summed E-state index contributed by atoms with van der Waals surface area (Å²) in [5, 5.41) is 0. The fourth-order valence-corrected chi connectivity index (χ4v) is 3.23. The number of nitrogens with zero attached hydrogens (tertiary/aromatic N) is 1. The van der Waals surface area contributed by atoms with E-state index in [2.05, 4.69) is 11.8 Å². The molecule has 2 unspecified atom stereocenters. The van der Waals surface area contributed by atoms with Crippen molar-refractivity contribution in [2.45, 2.75) is 24.3 Å². The first-order chi connectivity index (χ1) is 8.65. The summed E-state index contributed by atoms with van der Waals surface area (Å²) in [7, 11) is 0. The molecule has 0 aromatic heterocycles.